The van der Waals surface area contributed by atoms with E-state index in [9.17, 15) is 0 Å². The van der Waals surface area contributed by atoms with Crippen molar-refractivity contribution in [3.8, 4) is 0 Å². The van der Waals surface area contributed by atoms with E-state index in [1.807, 2.05) is 17.2 Å². The molecule has 0 atom stereocenters. The molecule has 0 N–H and O–H groups in total. The molecular weight excluding hydrogens is 114 g/mol. The zero-order valence-corrected chi connectivity index (χ0v) is 5.36. The first kappa shape index (κ1) is 6.01. The molecule has 0 radical (unpaired) electrons. The third kappa shape index (κ3) is 1.68. The van der Waals surface area contributed by atoms with Gasteiger partial charge in [-0.25, -0.2) is 0 Å². The van der Waals surface area contributed by atoms with Gasteiger partial charge in [0, 0.05) is 19.5 Å². The summed E-state index contributed by atoms with van der Waals surface area (Å²) >= 11 is 0. The van der Waals surface area contributed by atoms with Crippen LogP contribution in [0, 0.1) is 0 Å². The third-order valence-electron chi connectivity index (χ3n) is 0.978. The summed E-state index contributed by atoms with van der Waals surface area (Å²) in [7, 11) is 1.74. The van der Waals surface area contributed by atoms with E-state index in [1.165, 1.54) is 0 Å². The number of hydrogen-bond acceptors (Lipinski definition) is 2. The summed E-state index contributed by atoms with van der Waals surface area (Å²) in [5, 5.41) is 0. The Morgan fingerprint density at radius 1 is 1.78 bits per heavy atom. The van der Waals surface area contributed by atoms with Crippen LogP contribution in [0.2, 0.25) is 0 Å². The molecule has 0 saturated heterocycles. The Morgan fingerprint density at radius 3 is 3.22 bits per heavy atom. The topological polar surface area (TPSA) is 28.0 Å². The predicted molar refractivity (Wildman–Crippen MR) is 38.8 cm³/mol. The Labute approximate surface area is 54.4 Å². The molecule has 0 unspecified atom stereocenters. The van der Waals surface area contributed by atoms with Gasteiger partial charge in [0.05, 0.1) is 6.34 Å². The molecular formula is C6H9N3. The Kier molecular flexibility index (Phi) is 2.01. The smallest absolute Gasteiger partial charge is 0.115 e. The van der Waals surface area contributed by atoms with Gasteiger partial charge in [-0.3, -0.25) is 9.98 Å². The molecule has 0 bridgehead atoms. The summed E-state index contributed by atoms with van der Waals surface area (Å²) < 4.78 is 0. The van der Waals surface area contributed by atoms with Gasteiger partial charge < -0.3 is 4.90 Å². The number of hydrogen-bond donors (Lipinski definition) is 0. The van der Waals surface area contributed by atoms with E-state index in [0.717, 1.165) is 0 Å². The zero-order valence-electron chi connectivity index (χ0n) is 5.36. The molecule has 0 aromatic heterocycles. The van der Waals surface area contributed by atoms with Gasteiger partial charge in [-0.15, -0.1) is 0 Å². The average molecular weight is 123 g/mol. The minimum Gasteiger partial charge on any atom is -0.319 e. The molecule has 1 aliphatic heterocycles. The monoisotopic (exact) mass is 123 g/mol. The van der Waals surface area contributed by atoms with Crippen LogP contribution < -0.4 is 0 Å². The molecule has 0 spiro atoms. The van der Waals surface area contributed by atoms with Crippen LogP contribution in [0.25, 0.3) is 0 Å². The first-order chi connectivity index (χ1) is 4.43. The van der Waals surface area contributed by atoms with Crippen LogP contribution in [-0.2, 0) is 0 Å². The Morgan fingerprint density at radius 2 is 2.67 bits per heavy atom. The molecule has 1 heterocycles. The molecule has 1 aliphatic rings. The standard InChI is InChI=1S/C6H9N3/c1-7-5-9-4-2-3-8-6-9/h2-5H,6H2,1H3. The maximum Gasteiger partial charge on any atom is 0.115 e. The molecule has 9 heavy (non-hydrogen) atoms. The van der Waals surface area contributed by atoms with Crippen LogP contribution in [0.5, 0.6) is 0 Å². The lowest BCUT2D eigenvalue weighted by molar-refractivity contribution is 0.587. The van der Waals surface area contributed by atoms with Crippen LogP contribution in [-0.4, -0.2) is 31.2 Å². The summed E-state index contributed by atoms with van der Waals surface area (Å²) in [4.78, 5) is 9.74. The van der Waals surface area contributed by atoms with Crippen molar-refractivity contribution in [3.05, 3.63) is 12.3 Å². The third-order valence-corrected chi connectivity index (χ3v) is 0.978. The fraction of sp³-hybridized carbons (Fsp3) is 0.333. The summed E-state index contributed by atoms with van der Waals surface area (Å²) in [6.45, 7) is 0.688. The van der Waals surface area contributed by atoms with Crippen LogP contribution in [0.1, 0.15) is 0 Å². The lowest BCUT2D eigenvalue weighted by Crippen LogP contribution is -2.16. The maximum atomic E-state index is 4.00. The largest absolute Gasteiger partial charge is 0.319 e. The van der Waals surface area contributed by atoms with Crippen molar-refractivity contribution in [2.75, 3.05) is 13.7 Å². The highest BCUT2D eigenvalue weighted by Gasteiger charge is 1.92. The molecule has 3 nitrogen and oxygen atoms in total. The van der Waals surface area contributed by atoms with E-state index >= 15 is 0 Å². The summed E-state index contributed by atoms with van der Waals surface area (Å²) in [6, 6.07) is 0. The molecule has 3 heteroatoms. The fourth-order valence-electron chi connectivity index (χ4n) is 0.622. The highest BCUT2D eigenvalue weighted by Crippen LogP contribution is 1.90. The van der Waals surface area contributed by atoms with Gasteiger partial charge in [0.1, 0.15) is 6.67 Å². The Balaban J connectivity index is 2.46. The van der Waals surface area contributed by atoms with E-state index in [0.29, 0.717) is 6.67 Å². The molecule has 1 rings (SSSR count). The van der Waals surface area contributed by atoms with Crippen molar-refractivity contribution < 1.29 is 0 Å². The van der Waals surface area contributed by atoms with E-state index in [4.69, 9.17) is 0 Å². The Bertz CT molecular complexity index is 158. The Hall–Kier alpha value is -1.12. The summed E-state index contributed by atoms with van der Waals surface area (Å²) in [5.41, 5.74) is 0. The van der Waals surface area contributed by atoms with Crippen molar-refractivity contribution in [1.29, 1.82) is 0 Å². The fourth-order valence-corrected chi connectivity index (χ4v) is 0.622. The molecule has 0 aromatic rings. The lowest BCUT2D eigenvalue weighted by Gasteiger charge is -2.12. The van der Waals surface area contributed by atoms with Gasteiger partial charge in [0.15, 0.2) is 0 Å². The first-order valence-electron chi connectivity index (χ1n) is 2.78. The highest BCUT2D eigenvalue weighted by molar-refractivity contribution is 5.73. The molecule has 0 saturated carbocycles. The predicted octanol–water partition coefficient (Wildman–Crippen LogP) is 0.502. The van der Waals surface area contributed by atoms with Crippen molar-refractivity contribution in [2.45, 2.75) is 0 Å². The summed E-state index contributed by atoms with van der Waals surface area (Å²) in [5.74, 6) is 0. The van der Waals surface area contributed by atoms with Gasteiger partial charge >= 0.3 is 0 Å². The quantitative estimate of drug-likeness (QED) is 0.368. The molecule has 0 aliphatic carbocycles. The average Bonchev–Trinajstić information content (AvgIpc) is 1.91. The van der Waals surface area contributed by atoms with Crippen molar-refractivity contribution in [1.82, 2.24) is 4.90 Å². The SMILES string of the molecule is CN=CN1C=CC=NC1. The van der Waals surface area contributed by atoms with Crippen molar-refractivity contribution in [3.63, 3.8) is 0 Å². The normalized spacial score (nSPS) is 17.7. The van der Waals surface area contributed by atoms with Gasteiger partial charge in [-0.05, 0) is 6.08 Å². The lowest BCUT2D eigenvalue weighted by atomic mass is 10.5. The summed E-state index contributed by atoms with van der Waals surface area (Å²) in [6.07, 6.45) is 7.33. The molecule has 0 fully saturated rings. The van der Waals surface area contributed by atoms with E-state index in [-0.39, 0.29) is 0 Å². The second-order valence-corrected chi connectivity index (χ2v) is 1.70. The number of nitrogens with zero attached hydrogens (tertiary/aromatic N) is 3. The van der Waals surface area contributed by atoms with Crippen LogP contribution in [0.3, 0.4) is 0 Å². The minimum absolute atomic E-state index is 0.688. The number of rotatable bonds is 1. The van der Waals surface area contributed by atoms with E-state index in [1.54, 1.807) is 19.6 Å². The highest BCUT2D eigenvalue weighted by atomic mass is 15.2. The van der Waals surface area contributed by atoms with Gasteiger partial charge in [-0.2, -0.15) is 0 Å². The van der Waals surface area contributed by atoms with E-state index in [2.05, 4.69) is 9.98 Å². The second-order valence-electron chi connectivity index (χ2n) is 1.70. The van der Waals surface area contributed by atoms with Gasteiger partial charge in [0.2, 0.25) is 0 Å². The molecule has 0 amide bonds. The van der Waals surface area contributed by atoms with E-state index < -0.39 is 0 Å². The van der Waals surface area contributed by atoms with Gasteiger partial charge in [-0.1, -0.05) is 0 Å². The van der Waals surface area contributed by atoms with Crippen molar-refractivity contribution in [2.24, 2.45) is 9.98 Å². The molecule has 0 aromatic carbocycles. The minimum atomic E-state index is 0.688. The zero-order chi connectivity index (χ0) is 6.53. The number of aliphatic imine (C=N–C) groups is 2. The maximum absolute atomic E-state index is 4.00. The molecule has 48 valence electrons. The van der Waals surface area contributed by atoms with Crippen LogP contribution in [0.4, 0.5) is 0 Å². The van der Waals surface area contributed by atoms with Gasteiger partial charge in [0.25, 0.3) is 0 Å². The first-order valence-corrected chi connectivity index (χ1v) is 2.78. The van der Waals surface area contributed by atoms with Crippen LogP contribution in [0.15, 0.2) is 22.3 Å². The number of allylic oxidation sites excluding steroid dienone is 1. The van der Waals surface area contributed by atoms with Crippen molar-refractivity contribution >= 4 is 12.6 Å². The van der Waals surface area contributed by atoms with Crippen LogP contribution >= 0.6 is 0 Å². The second kappa shape index (κ2) is 3.02.